The zero-order chi connectivity index (χ0) is 23.9. The molecule has 0 bridgehead atoms. The lowest BCUT2D eigenvalue weighted by Crippen LogP contribution is -2.33. The molecule has 0 fully saturated rings. The molecule has 176 valence electrons. The number of halogens is 1. The van der Waals surface area contributed by atoms with Gasteiger partial charge in [-0.15, -0.1) is 0 Å². The maximum absolute atomic E-state index is 12.3. The number of hydrogen-bond donors (Lipinski definition) is 1. The molecular weight excluding hydrogens is 448 g/mol. The summed E-state index contributed by atoms with van der Waals surface area (Å²) in [6.45, 7) is 9.14. The third-order valence-corrected chi connectivity index (χ3v) is 6.40. The van der Waals surface area contributed by atoms with E-state index in [2.05, 4.69) is 26.1 Å². The number of nitrogens with one attached hydrogen (secondary N) is 1. The zero-order valence-electron chi connectivity index (χ0n) is 19.4. The first-order chi connectivity index (χ1) is 14.9. The van der Waals surface area contributed by atoms with Gasteiger partial charge in [-0.1, -0.05) is 56.6 Å². The maximum Gasteiger partial charge on any atom is 0.232 e. The number of carbonyl (C=O) groups is 1. The Morgan fingerprint density at radius 1 is 1.16 bits per heavy atom. The molecule has 0 saturated carbocycles. The van der Waals surface area contributed by atoms with Gasteiger partial charge in [0.1, 0.15) is 12.4 Å². The predicted octanol–water partition coefficient (Wildman–Crippen LogP) is 4.69. The summed E-state index contributed by atoms with van der Waals surface area (Å²) < 4.78 is 31.7. The summed E-state index contributed by atoms with van der Waals surface area (Å²) >= 11 is 6.05. The Morgan fingerprint density at radius 3 is 2.50 bits per heavy atom. The number of para-hydroxylation sites is 1. The highest BCUT2D eigenvalue weighted by atomic mass is 35.5. The van der Waals surface area contributed by atoms with Crippen LogP contribution >= 0.6 is 11.6 Å². The largest absolute Gasteiger partial charge is 0.491 e. The number of nitrogens with zero attached hydrogens (tertiary/aromatic N) is 1. The van der Waals surface area contributed by atoms with E-state index in [1.165, 1.54) is 4.31 Å². The molecule has 0 atom stereocenters. The molecule has 8 heteroatoms. The van der Waals surface area contributed by atoms with Gasteiger partial charge in [-0.05, 0) is 48.1 Å². The second-order valence-electron chi connectivity index (χ2n) is 8.81. The smallest absolute Gasteiger partial charge is 0.232 e. The third-order valence-electron chi connectivity index (χ3n) is 4.98. The molecule has 6 nitrogen and oxygen atoms in total. The molecule has 0 aromatic heterocycles. The fraction of sp³-hybridized carbons (Fsp3) is 0.458. The first kappa shape index (κ1) is 26.0. The Morgan fingerprint density at radius 2 is 1.84 bits per heavy atom. The molecule has 0 aliphatic rings. The Labute approximate surface area is 197 Å². The standard InChI is InChI=1S/C24H33ClN2O4S/c1-18-12-13-19(25)17-21(18)27(32(5,29)30)15-8-11-23(28)26-14-16-31-22-10-7-6-9-20(22)24(2,3)4/h6-7,9-10,12-13,17H,8,11,14-16H2,1-5H3,(H,26,28). The van der Waals surface area contributed by atoms with E-state index in [0.717, 1.165) is 23.1 Å². The highest BCUT2D eigenvalue weighted by Crippen LogP contribution is 2.31. The zero-order valence-corrected chi connectivity index (χ0v) is 21.0. The van der Waals surface area contributed by atoms with Gasteiger partial charge in [-0.25, -0.2) is 8.42 Å². The van der Waals surface area contributed by atoms with Gasteiger partial charge in [0.15, 0.2) is 0 Å². The maximum atomic E-state index is 12.3. The summed E-state index contributed by atoms with van der Waals surface area (Å²) in [4.78, 5) is 12.2. The minimum absolute atomic E-state index is 0.0351. The van der Waals surface area contributed by atoms with E-state index in [0.29, 0.717) is 30.3 Å². The molecule has 1 N–H and O–H groups in total. The molecule has 0 saturated heterocycles. The van der Waals surface area contributed by atoms with Crippen molar-refractivity contribution in [3.05, 3.63) is 58.6 Å². The van der Waals surface area contributed by atoms with Crippen LogP contribution in [0, 0.1) is 6.92 Å². The van der Waals surface area contributed by atoms with E-state index in [1.807, 2.05) is 31.2 Å². The highest BCUT2D eigenvalue weighted by Gasteiger charge is 2.20. The molecule has 2 rings (SSSR count). The summed E-state index contributed by atoms with van der Waals surface area (Å²) in [5.41, 5.74) is 2.42. The van der Waals surface area contributed by atoms with Crippen LogP contribution in [0.4, 0.5) is 5.69 Å². The van der Waals surface area contributed by atoms with E-state index in [9.17, 15) is 13.2 Å². The molecule has 2 aromatic rings. The van der Waals surface area contributed by atoms with Gasteiger partial charge >= 0.3 is 0 Å². The molecule has 0 aliphatic heterocycles. The summed E-state index contributed by atoms with van der Waals surface area (Å²) in [6, 6.07) is 13.0. The van der Waals surface area contributed by atoms with Crippen LogP contribution < -0.4 is 14.4 Å². The number of sulfonamides is 1. The van der Waals surface area contributed by atoms with E-state index in [-0.39, 0.29) is 24.3 Å². The Bertz CT molecular complexity index is 1030. The second-order valence-corrected chi connectivity index (χ2v) is 11.2. The third kappa shape index (κ3) is 7.71. The number of aryl methyl sites for hydroxylation is 1. The minimum Gasteiger partial charge on any atom is -0.491 e. The first-order valence-corrected chi connectivity index (χ1v) is 12.8. The molecule has 0 unspecified atom stereocenters. The van der Waals surface area contributed by atoms with Crippen molar-refractivity contribution in [2.45, 2.75) is 46.0 Å². The van der Waals surface area contributed by atoms with Gasteiger partial charge in [-0.3, -0.25) is 9.10 Å². The first-order valence-electron chi connectivity index (χ1n) is 10.6. The number of amides is 1. The number of carbonyl (C=O) groups excluding carboxylic acids is 1. The second kappa shape index (κ2) is 11.1. The van der Waals surface area contributed by atoms with Crippen LogP contribution in [0.1, 0.15) is 44.7 Å². The van der Waals surface area contributed by atoms with Crippen LogP contribution in [-0.2, 0) is 20.2 Å². The van der Waals surface area contributed by atoms with Crippen molar-refractivity contribution in [2.75, 3.05) is 30.3 Å². The Balaban J connectivity index is 1.84. The topological polar surface area (TPSA) is 75.7 Å². The molecule has 0 radical (unpaired) electrons. The van der Waals surface area contributed by atoms with Gasteiger partial charge in [0.05, 0.1) is 18.5 Å². The van der Waals surface area contributed by atoms with Crippen molar-refractivity contribution in [3.8, 4) is 5.75 Å². The van der Waals surface area contributed by atoms with E-state index in [1.54, 1.807) is 18.2 Å². The van der Waals surface area contributed by atoms with Crippen molar-refractivity contribution in [1.29, 1.82) is 0 Å². The molecule has 32 heavy (non-hydrogen) atoms. The SMILES string of the molecule is Cc1ccc(Cl)cc1N(CCCC(=O)NCCOc1ccccc1C(C)(C)C)S(C)(=O)=O. The fourth-order valence-electron chi connectivity index (χ4n) is 3.35. The van der Waals surface area contributed by atoms with Gasteiger partial charge in [0, 0.05) is 18.0 Å². The van der Waals surface area contributed by atoms with Crippen molar-refractivity contribution >= 4 is 33.2 Å². The molecule has 1 amide bonds. The van der Waals surface area contributed by atoms with Crippen LogP contribution in [-0.4, -0.2) is 40.3 Å². The number of anilines is 1. The average molecular weight is 481 g/mol. The van der Waals surface area contributed by atoms with Crippen LogP contribution in [0.25, 0.3) is 0 Å². The lowest BCUT2D eigenvalue weighted by Gasteiger charge is -2.24. The summed E-state index contributed by atoms with van der Waals surface area (Å²) in [7, 11) is -3.50. The van der Waals surface area contributed by atoms with Crippen molar-refractivity contribution in [2.24, 2.45) is 0 Å². The Hall–Kier alpha value is -2.25. The van der Waals surface area contributed by atoms with Gasteiger partial charge in [0.2, 0.25) is 15.9 Å². The fourth-order valence-corrected chi connectivity index (χ4v) is 4.53. The number of rotatable bonds is 10. The van der Waals surface area contributed by atoms with Gasteiger partial charge in [0.25, 0.3) is 0 Å². The average Bonchev–Trinajstić information content (AvgIpc) is 2.69. The summed E-state index contributed by atoms with van der Waals surface area (Å²) in [5.74, 6) is 0.670. The number of benzene rings is 2. The molecule has 0 aliphatic carbocycles. The van der Waals surface area contributed by atoms with E-state index in [4.69, 9.17) is 16.3 Å². The van der Waals surface area contributed by atoms with E-state index >= 15 is 0 Å². The normalized spacial score (nSPS) is 11.8. The van der Waals surface area contributed by atoms with E-state index < -0.39 is 10.0 Å². The molecular formula is C24H33ClN2O4S. The van der Waals surface area contributed by atoms with Gasteiger partial charge < -0.3 is 10.1 Å². The van der Waals surface area contributed by atoms with Crippen LogP contribution in [0.3, 0.4) is 0 Å². The summed E-state index contributed by atoms with van der Waals surface area (Å²) in [5, 5.41) is 3.29. The molecule has 0 spiro atoms. The van der Waals surface area contributed by atoms with Gasteiger partial charge in [-0.2, -0.15) is 0 Å². The monoisotopic (exact) mass is 480 g/mol. The molecule has 0 heterocycles. The number of ether oxygens (including phenoxy) is 1. The predicted molar refractivity (Wildman–Crippen MR) is 131 cm³/mol. The highest BCUT2D eigenvalue weighted by molar-refractivity contribution is 7.92. The summed E-state index contributed by atoms with van der Waals surface area (Å²) in [6.07, 6.45) is 1.75. The van der Waals surface area contributed by atoms with Crippen molar-refractivity contribution in [3.63, 3.8) is 0 Å². The van der Waals surface area contributed by atoms with Crippen LogP contribution in [0.15, 0.2) is 42.5 Å². The quantitative estimate of drug-likeness (QED) is 0.500. The van der Waals surface area contributed by atoms with Crippen molar-refractivity contribution < 1.29 is 17.9 Å². The Kier molecular flexibility index (Phi) is 8.98. The van der Waals surface area contributed by atoms with Crippen molar-refractivity contribution in [1.82, 2.24) is 5.32 Å². The molecule has 2 aromatic carbocycles. The minimum atomic E-state index is -3.50. The lowest BCUT2D eigenvalue weighted by atomic mass is 9.86. The lowest BCUT2D eigenvalue weighted by molar-refractivity contribution is -0.121. The number of hydrogen-bond acceptors (Lipinski definition) is 4. The van der Waals surface area contributed by atoms with Crippen LogP contribution in [0.2, 0.25) is 5.02 Å². The van der Waals surface area contributed by atoms with Crippen LogP contribution in [0.5, 0.6) is 5.75 Å².